The fourth-order valence-corrected chi connectivity index (χ4v) is 2.22. The van der Waals surface area contributed by atoms with Gasteiger partial charge in [-0.2, -0.15) is 0 Å². The van der Waals surface area contributed by atoms with Crippen LogP contribution in [0.5, 0.6) is 0 Å². The number of hydrogen-bond donors (Lipinski definition) is 2. The first-order valence-corrected chi connectivity index (χ1v) is 5.83. The van der Waals surface area contributed by atoms with E-state index >= 15 is 0 Å². The lowest BCUT2D eigenvalue weighted by Crippen LogP contribution is -2.45. The molecule has 2 fully saturated rings. The summed E-state index contributed by atoms with van der Waals surface area (Å²) in [5.74, 6) is 0.740. The first-order chi connectivity index (χ1) is 6.75. The van der Waals surface area contributed by atoms with E-state index in [0.717, 1.165) is 18.8 Å². The van der Waals surface area contributed by atoms with Crippen molar-refractivity contribution >= 4 is 6.03 Å². The summed E-state index contributed by atoms with van der Waals surface area (Å²) >= 11 is 0. The second-order valence-corrected chi connectivity index (χ2v) is 4.73. The zero-order valence-corrected chi connectivity index (χ0v) is 8.88. The summed E-state index contributed by atoms with van der Waals surface area (Å²) in [7, 11) is 0. The lowest BCUT2D eigenvalue weighted by Gasteiger charge is -2.16. The van der Waals surface area contributed by atoms with E-state index in [1.165, 1.54) is 25.7 Å². The molecule has 2 rings (SSSR count). The van der Waals surface area contributed by atoms with Gasteiger partial charge in [-0.05, 0) is 38.5 Å². The van der Waals surface area contributed by atoms with Crippen molar-refractivity contribution in [1.29, 1.82) is 0 Å². The summed E-state index contributed by atoms with van der Waals surface area (Å²) in [5, 5.41) is 6.06. The van der Waals surface area contributed by atoms with Crippen LogP contribution in [0.3, 0.4) is 0 Å². The van der Waals surface area contributed by atoms with Gasteiger partial charge in [0, 0.05) is 12.1 Å². The number of carbonyl (C=O) groups excluding carboxylic acids is 1. The second-order valence-electron chi connectivity index (χ2n) is 4.73. The Morgan fingerprint density at radius 1 is 1.21 bits per heavy atom. The van der Waals surface area contributed by atoms with Gasteiger partial charge in [0.15, 0.2) is 0 Å². The molecule has 2 aliphatic rings. The highest BCUT2D eigenvalue weighted by Gasteiger charge is 2.29. The highest BCUT2D eigenvalue weighted by atomic mass is 16.2. The third kappa shape index (κ3) is 2.63. The molecule has 14 heavy (non-hydrogen) atoms. The van der Waals surface area contributed by atoms with E-state index < -0.39 is 0 Å². The van der Waals surface area contributed by atoms with Crippen LogP contribution in [-0.2, 0) is 0 Å². The Kier molecular flexibility index (Phi) is 2.94. The molecule has 0 saturated heterocycles. The third-order valence-electron chi connectivity index (χ3n) is 3.38. The van der Waals surface area contributed by atoms with E-state index in [1.807, 2.05) is 0 Å². The maximum absolute atomic E-state index is 11.5. The maximum atomic E-state index is 11.5. The maximum Gasteiger partial charge on any atom is 0.315 e. The van der Waals surface area contributed by atoms with Gasteiger partial charge in [0.2, 0.25) is 0 Å². The summed E-state index contributed by atoms with van der Waals surface area (Å²) in [6.07, 6.45) is 7.42. The summed E-state index contributed by atoms with van der Waals surface area (Å²) in [5.41, 5.74) is 0. The van der Waals surface area contributed by atoms with Gasteiger partial charge in [0.05, 0.1) is 0 Å². The monoisotopic (exact) mass is 196 g/mol. The highest BCUT2D eigenvalue weighted by molar-refractivity contribution is 5.74. The molecule has 1 atom stereocenters. The van der Waals surface area contributed by atoms with Crippen LogP contribution in [0, 0.1) is 5.92 Å². The third-order valence-corrected chi connectivity index (χ3v) is 3.38. The van der Waals surface area contributed by atoms with Crippen molar-refractivity contribution < 1.29 is 4.79 Å². The molecule has 0 aromatic carbocycles. The average molecular weight is 196 g/mol. The Morgan fingerprint density at radius 2 is 1.86 bits per heavy atom. The van der Waals surface area contributed by atoms with E-state index in [1.54, 1.807) is 0 Å². The Labute approximate surface area is 85.6 Å². The van der Waals surface area contributed by atoms with Crippen molar-refractivity contribution in [2.75, 3.05) is 0 Å². The minimum absolute atomic E-state index is 0.0382. The molecule has 0 aliphatic heterocycles. The van der Waals surface area contributed by atoms with Crippen molar-refractivity contribution in [3.05, 3.63) is 0 Å². The standard InChI is InChI=1S/C11H20N2O/c1-8(9-6-7-9)12-11(14)13-10-4-2-3-5-10/h8-10H,2-7H2,1H3,(H2,12,13,14). The molecule has 2 saturated carbocycles. The van der Waals surface area contributed by atoms with Gasteiger partial charge < -0.3 is 10.6 Å². The molecule has 80 valence electrons. The fraction of sp³-hybridized carbons (Fsp3) is 0.909. The van der Waals surface area contributed by atoms with E-state index in [9.17, 15) is 4.79 Å². The molecular weight excluding hydrogens is 176 g/mol. The molecule has 0 bridgehead atoms. The second kappa shape index (κ2) is 4.20. The smallest absolute Gasteiger partial charge is 0.315 e. The zero-order chi connectivity index (χ0) is 9.97. The van der Waals surface area contributed by atoms with Crippen LogP contribution in [-0.4, -0.2) is 18.1 Å². The molecule has 3 nitrogen and oxygen atoms in total. The fourth-order valence-electron chi connectivity index (χ4n) is 2.22. The lowest BCUT2D eigenvalue weighted by atomic mass is 10.2. The molecule has 3 heteroatoms. The Bertz CT molecular complexity index is 201. The number of nitrogens with one attached hydrogen (secondary N) is 2. The van der Waals surface area contributed by atoms with Crippen molar-refractivity contribution in [2.45, 2.75) is 57.5 Å². The topological polar surface area (TPSA) is 41.1 Å². The molecule has 0 aromatic rings. The molecular formula is C11H20N2O. The zero-order valence-electron chi connectivity index (χ0n) is 8.88. The molecule has 0 aromatic heterocycles. The van der Waals surface area contributed by atoms with Gasteiger partial charge in [0.1, 0.15) is 0 Å². The summed E-state index contributed by atoms with van der Waals surface area (Å²) in [6, 6.07) is 0.828. The van der Waals surface area contributed by atoms with Crippen LogP contribution in [0.4, 0.5) is 4.79 Å². The minimum atomic E-state index is 0.0382. The predicted molar refractivity (Wildman–Crippen MR) is 56.1 cm³/mol. The molecule has 0 spiro atoms. The Morgan fingerprint density at radius 3 is 2.43 bits per heavy atom. The SMILES string of the molecule is CC(NC(=O)NC1CCCC1)C1CC1. The first kappa shape index (κ1) is 9.81. The van der Waals surface area contributed by atoms with Crippen molar-refractivity contribution in [3.8, 4) is 0 Å². The largest absolute Gasteiger partial charge is 0.335 e. The van der Waals surface area contributed by atoms with Gasteiger partial charge in [-0.3, -0.25) is 0 Å². The summed E-state index contributed by atoms with van der Waals surface area (Å²) in [4.78, 5) is 11.5. The number of amides is 2. The van der Waals surface area contributed by atoms with Crippen LogP contribution in [0.25, 0.3) is 0 Å². The number of hydrogen-bond acceptors (Lipinski definition) is 1. The quantitative estimate of drug-likeness (QED) is 0.712. The van der Waals surface area contributed by atoms with Crippen LogP contribution in [0.2, 0.25) is 0 Å². The van der Waals surface area contributed by atoms with Crippen LogP contribution in [0.1, 0.15) is 45.4 Å². The van der Waals surface area contributed by atoms with Crippen molar-refractivity contribution in [1.82, 2.24) is 10.6 Å². The Hall–Kier alpha value is -0.730. The van der Waals surface area contributed by atoms with E-state index in [4.69, 9.17) is 0 Å². The molecule has 0 radical (unpaired) electrons. The van der Waals surface area contributed by atoms with E-state index in [0.29, 0.717) is 12.1 Å². The minimum Gasteiger partial charge on any atom is -0.335 e. The van der Waals surface area contributed by atoms with Crippen LogP contribution < -0.4 is 10.6 Å². The molecule has 2 aliphatic carbocycles. The molecule has 2 amide bonds. The molecule has 2 N–H and O–H groups in total. The number of carbonyl (C=O) groups is 1. The predicted octanol–water partition coefficient (Wildman–Crippen LogP) is 2.03. The van der Waals surface area contributed by atoms with Crippen molar-refractivity contribution in [3.63, 3.8) is 0 Å². The molecule has 0 heterocycles. The number of urea groups is 1. The van der Waals surface area contributed by atoms with Gasteiger partial charge in [-0.25, -0.2) is 4.79 Å². The van der Waals surface area contributed by atoms with Crippen LogP contribution >= 0.6 is 0 Å². The normalized spacial score (nSPS) is 24.6. The van der Waals surface area contributed by atoms with Gasteiger partial charge >= 0.3 is 6.03 Å². The van der Waals surface area contributed by atoms with Gasteiger partial charge in [-0.1, -0.05) is 12.8 Å². The number of rotatable bonds is 3. The van der Waals surface area contributed by atoms with Gasteiger partial charge in [-0.15, -0.1) is 0 Å². The molecule has 1 unspecified atom stereocenters. The average Bonchev–Trinajstić information content (AvgIpc) is 2.87. The summed E-state index contributed by atoms with van der Waals surface area (Å²) < 4.78 is 0. The van der Waals surface area contributed by atoms with Crippen LogP contribution in [0.15, 0.2) is 0 Å². The van der Waals surface area contributed by atoms with Gasteiger partial charge in [0.25, 0.3) is 0 Å². The lowest BCUT2D eigenvalue weighted by molar-refractivity contribution is 0.232. The van der Waals surface area contributed by atoms with E-state index in [-0.39, 0.29) is 6.03 Å². The van der Waals surface area contributed by atoms with Crippen molar-refractivity contribution in [2.24, 2.45) is 5.92 Å². The highest BCUT2D eigenvalue weighted by Crippen LogP contribution is 2.32. The summed E-state index contributed by atoms with van der Waals surface area (Å²) in [6.45, 7) is 2.10. The first-order valence-electron chi connectivity index (χ1n) is 5.83. The Balaban J connectivity index is 1.66. The van der Waals surface area contributed by atoms with E-state index in [2.05, 4.69) is 17.6 Å².